The van der Waals surface area contributed by atoms with Gasteiger partial charge < -0.3 is 9.47 Å². The lowest BCUT2D eigenvalue weighted by molar-refractivity contribution is -0.113. The summed E-state index contributed by atoms with van der Waals surface area (Å²) in [7, 11) is 1.58. The van der Waals surface area contributed by atoms with E-state index >= 15 is 0 Å². The number of hydrogen-bond acceptors (Lipinski definition) is 6. The summed E-state index contributed by atoms with van der Waals surface area (Å²) in [6.45, 7) is 0.399. The minimum atomic E-state index is -0.186. The Balaban J connectivity index is 1.54. The van der Waals surface area contributed by atoms with Crippen LogP contribution < -0.4 is 14.4 Å². The van der Waals surface area contributed by atoms with Crippen molar-refractivity contribution in [2.45, 2.75) is 6.61 Å². The smallest absolute Gasteiger partial charge is 0.270 e. The molecule has 1 saturated heterocycles. The zero-order valence-corrected chi connectivity index (χ0v) is 18.8. The highest BCUT2D eigenvalue weighted by atomic mass is 35.5. The molecule has 0 aliphatic carbocycles. The number of aromatic nitrogens is 1. The highest BCUT2D eigenvalue weighted by Gasteiger charge is 2.33. The third-order valence-corrected chi connectivity index (χ3v) is 6.03. The van der Waals surface area contributed by atoms with E-state index in [0.29, 0.717) is 38.0 Å². The summed E-state index contributed by atoms with van der Waals surface area (Å²) in [6.07, 6.45) is 5.23. The van der Waals surface area contributed by atoms with Gasteiger partial charge in [0.15, 0.2) is 15.8 Å². The number of carbonyl (C=O) groups excluding carboxylic acids is 1. The van der Waals surface area contributed by atoms with Gasteiger partial charge in [-0.1, -0.05) is 47.7 Å². The van der Waals surface area contributed by atoms with Crippen LogP contribution in [0.5, 0.6) is 11.5 Å². The van der Waals surface area contributed by atoms with Crippen LogP contribution in [0, 0.1) is 0 Å². The number of pyridine rings is 1. The quantitative estimate of drug-likeness (QED) is 0.340. The molecule has 2 aromatic carbocycles. The van der Waals surface area contributed by atoms with Crippen LogP contribution in [0.2, 0.25) is 5.02 Å². The van der Waals surface area contributed by atoms with E-state index in [9.17, 15) is 4.79 Å². The van der Waals surface area contributed by atoms with Crippen LogP contribution in [0.15, 0.2) is 71.9 Å². The Morgan fingerprint density at radius 3 is 2.68 bits per heavy atom. The summed E-state index contributed by atoms with van der Waals surface area (Å²) < 4.78 is 11.8. The number of benzene rings is 2. The van der Waals surface area contributed by atoms with Crippen molar-refractivity contribution in [2.75, 3.05) is 12.0 Å². The fourth-order valence-electron chi connectivity index (χ4n) is 2.99. The molecule has 156 valence electrons. The molecule has 0 unspecified atom stereocenters. The molecule has 1 aliphatic heterocycles. The van der Waals surface area contributed by atoms with Crippen LogP contribution in [0.1, 0.15) is 11.1 Å². The molecule has 0 bridgehead atoms. The molecule has 4 rings (SSSR count). The van der Waals surface area contributed by atoms with Crippen molar-refractivity contribution in [1.29, 1.82) is 0 Å². The Morgan fingerprint density at radius 1 is 1.13 bits per heavy atom. The molecule has 1 aromatic heterocycles. The maximum absolute atomic E-state index is 13.0. The van der Waals surface area contributed by atoms with Gasteiger partial charge in [-0.15, -0.1) is 0 Å². The minimum Gasteiger partial charge on any atom is -0.493 e. The van der Waals surface area contributed by atoms with Crippen LogP contribution in [0.25, 0.3) is 6.08 Å². The Morgan fingerprint density at radius 2 is 1.94 bits per heavy atom. The zero-order chi connectivity index (χ0) is 21.8. The Bertz CT molecular complexity index is 1170. The van der Waals surface area contributed by atoms with Crippen LogP contribution in [-0.4, -0.2) is 22.3 Å². The molecule has 0 radical (unpaired) electrons. The monoisotopic (exact) mass is 468 g/mol. The van der Waals surface area contributed by atoms with E-state index in [1.165, 1.54) is 16.7 Å². The van der Waals surface area contributed by atoms with Crippen molar-refractivity contribution in [3.05, 3.63) is 88.0 Å². The predicted molar refractivity (Wildman–Crippen MR) is 129 cm³/mol. The van der Waals surface area contributed by atoms with Crippen molar-refractivity contribution in [3.63, 3.8) is 0 Å². The van der Waals surface area contributed by atoms with E-state index in [0.717, 1.165) is 11.1 Å². The van der Waals surface area contributed by atoms with Crippen molar-refractivity contribution in [3.8, 4) is 11.5 Å². The Labute approximate surface area is 194 Å². The molecule has 1 fully saturated rings. The fourth-order valence-corrected chi connectivity index (χ4v) is 4.47. The summed E-state index contributed by atoms with van der Waals surface area (Å²) in [5, 5.41) is 0.544. The molecule has 0 N–H and O–H groups in total. The first-order valence-electron chi connectivity index (χ1n) is 9.28. The second kappa shape index (κ2) is 9.51. The number of thiocarbonyl (C=S) groups is 1. The van der Waals surface area contributed by atoms with E-state index in [1.807, 2.05) is 30.3 Å². The number of hydrogen-bond donors (Lipinski definition) is 0. The van der Waals surface area contributed by atoms with Crippen LogP contribution in [0.4, 0.5) is 5.69 Å². The molecule has 0 atom stereocenters. The second-order valence-corrected chi connectivity index (χ2v) is 8.66. The Hall–Kier alpha value is -2.87. The van der Waals surface area contributed by atoms with Crippen molar-refractivity contribution >= 4 is 57.6 Å². The standard InChI is InChI=1S/C23H17ClN2O3S2/c1-28-20-11-16(5-6-19(20)29-14-15-7-9-25-10-8-15)12-21-22(27)26(23(30)31-21)18-4-2-3-17(24)13-18/h2-13H,14H2,1H3/b21-12-. The topological polar surface area (TPSA) is 51.7 Å². The Kier molecular flexibility index (Phi) is 6.56. The summed E-state index contributed by atoms with van der Waals surface area (Å²) in [6, 6.07) is 16.4. The molecule has 0 spiro atoms. The van der Waals surface area contributed by atoms with Crippen LogP contribution in [-0.2, 0) is 11.4 Å². The van der Waals surface area contributed by atoms with E-state index in [-0.39, 0.29) is 5.91 Å². The fraction of sp³-hybridized carbons (Fsp3) is 0.0870. The average molecular weight is 469 g/mol. The first-order valence-corrected chi connectivity index (χ1v) is 10.9. The number of halogens is 1. The van der Waals surface area contributed by atoms with E-state index < -0.39 is 0 Å². The van der Waals surface area contributed by atoms with E-state index in [1.54, 1.807) is 49.8 Å². The molecule has 5 nitrogen and oxygen atoms in total. The third-order valence-electron chi connectivity index (χ3n) is 4.49. The van der Waals surface area contributed by atoms with Gasteiger partial charge >= 0.3 is 0 Å². The summed E-state index contributed by atoms with van der Waals surface area (Å²) >= 11 is 12.7. The molecule has 2 heterocycles. The zero-order valence-electron chi connectivity index (χ0n) is 16.4. The highest BCUT2D eigenvalue weighted by molar-refractivity contribution is 8.27. The molecule has 8 heteroatoms. The van der Waals surface area contributed by atoms with Gasteiger partial charge in [-0.05, 0) is 59.7 Å². The number of amides is 1. The minimum absolute atomic E-state index is 0.186. The first kappa shape index (κ1) is 21.4. The molecular formula is C23H17ClN2O3S2. The number of ether oxygens (including phenoxy) is 2. The molecular weight excluding hydrogens is 452 g/mol. The number of thioether (sulfide) groups is 1. The lowest BCUT2D eigenvalue weighted by Gasteiger charge is -2.14. The van der Waals surface area contributed by atoms with Gasteiger partial charge in [0.2, 0.25) is 0 Å². The number of rotatable bonds is 6. The first-order chi connectivity index (χ1) is 15.0. The second-order valence-electron chi connectivity index (χ2n) is 6.55. The predicted octanol–water partition coefficient (Wildman–Crippen LogP) is 5.73. The third kappa shape index (κ3) is 4.90. The van der Waals surface area contributed by atoms with Gasteiger partial charge in [0.25, 0.3) is 5.91 Å². The van der Waals surface area contributed by atoms with Crippen molar-refractivity contribution in [1.82, 2.24) is 4.98 Å². The van der Waals surface area contributed by atoms with Crippen LogP contribution in [0.3, 0.4) is 0 Å². The normalized spacial score (nSPS) is 14.9. The molecule has 1 amide bonds. The average Bonchev–Trinajstić information content (AvgIpc) is 3.06. The van der Waals surface area contributed by atoms with Crippen molar-refractivity contribution < 1.29 is 14.3 Å². The molecule has 0 saturated carbocycles. The van der Waals surface area contributed by atoms with Crippen LogP contribution >= 0.6 is 35.6 Å². The summed E-state index contributed by atoms with van der Waals surface area (Å²) in [5.41, 5.74) is 2.46. The lowest BCUT2D eigenvalue weighted by Crippen LogP contribution is -2.27. The number of carbonyl (C=O) groups is 1. The van der Waals surface area contributed by atoms with Crippen molar-refractivity contribution in [2.24, 2.45) is 0 Å². The number of nitrogens with zero attached hydrogens (tertiary/aromatic N) is 2. The van der Waals surface area contributed by atoms with Gasteiger partial charge in [0, 0.05) is 17.4 Å². The molecule has 31 heavy (non-hydrogen) atoms. The summed E-state index contributed by atoms with van der Waals surface area (Å²) in [5.74, 6) is 1.00. The van der Waals surface area contributed by atoms with Gasteiger partial charge in [-0.3, -0.25) is 14.7 Å². The van der Waals surface area contributed by atoms with E-state index in [2.05, 4.69) is 4.98 Å². The molecule has 1 aliphatic rings. The largest absolute Gasteiger partial charge is 0.493 e. The molecule has 3 aromatic rings. The van der Waals surface area contributed by atoms with Gasteiger partial charge in [-0.25, -0.2) is 0 Å². The van der Waals surface area contributed by atoms with Gasteiger partial charge in [-0.2, -0.15) is 0 Å². The van der Waals surface area contributed by atoms with Gasteiger partial charge in [0.1, 0.15) is 6.61 Å². The van der Waals surface area contributed by atoms with E-state index in [4.69, 9.17) is 33.3 Å². The van der Waals surface area contributed by atoms with Gasteiger partial charge in [0.05, 0.1) is 17.7 Å². The maximum Gasteiger partial charge on any atom is 0.270 e. The lowest BCUT2D eigenvalue weighted by atomic mass is 10.1. The maximum atomic E-state index is 13.0. The number of anilines is 1. The highest BCUT2D eigenvalue weighted by Crippen LogP contribution is 2.37. The SMILES string of the molecule is COc1cc(/C=C2\SC(=S)N(c3cccc(Cl)c3)C2=O)ccc1OCc1ccncc1. The summed E-state index contributed by atoms with van der Waals surface area (Å²) in [4.78, 5) is 19.0. The number of methoxy groups -OCH3 is 1.